The molecule has 7 heteroatoms. The summed E-state index contributed by atoms with van der Waals surface area (Å²) in [5.41, 5.74) is 3.08. The standard InChI is InChI=1S/C22H22O7/c1-24-15-5-11-4-13-9-27-22(23)20(13)19(14(11)8-16(15)25-2)12-6-17(26-3)21-18(7-12)28-10-29-21/h5-8,13,19-20H,4,9-10H2,1-3H3/t13-,19-,20+/m1/s1. The molecule has 3 aliphatic rings. The van der Waals surface area contributed by atoms with Crippen molar-refractivity contribution in [3.63, 3.8) is 0 Å². The van der Waals surface area contributed by atoms with Gasteiger partial charge in [0, 0.05) is 11.8 Å². The lowest BCUT2D eigenvalue weighted by Crippen LogP contribution is -2.31. The molecule has 2 aliphatic heterocycles. The zero-order chi connectivity index (χ0) is 20.1. The third kappa shape index (κ3) is 2.68. The number of hydrogen-bond acceptors (Lipinski definition) is 7. The van der Waals surface area contributed by atoms with Crippen LogP contribution in [0.4, 0.5) is 0 Å². The van der Waals surface area contributed by atoms with E-state index in [1.807, 2.05) is 24.3 Å². The Morgan fingerprint density at radius 2 is 1.66 bits per heavy atom. The van der Waals surface area contributed by atoms with E-state index in [9.17, 15) is 4.79 Å². The molecule has 7 nitrogen and oxygen atoms in total. The minimum Gasteiger partial charge on any atom is -0.493 e. The molecular formula is C22H22O7. The molecule has 0 amide bonds. The van der Waals surface area contributed by atoms with E-state index in [2.05, 4.69) is 0 Å². The third-order valence-corrected chi connectivity index (χ3v) is 6.08. The Morgan fingerprint density at radius 1 is 0.897 bits per heavy atom. The van der Waals surface area contributed by atoms with Crippen LogP contribution in [0.5, 0.6) is 28.7 Å². The SMILES string of the molecule is COc1cc2c(cc1OC)[C@@H](c1cc(OC)c3c(c1)OCO3)[C@H]1C(=O)OC[C@H]1C2. The van der Waals surface area contributed by atoms with E-state index in [1.165, 1.54) is 0 Å². The Bertz CT molecular complexity index is 984. The molecule has 0 N–H and O–H groups in total. The van der Waals surface area contributed by atoms with Gasteiger partial charge in [-0.15, -0.1) is 0 Å². The van der Waals surface area contributed by atoms with E-state index in [0.29, 0.717) is 35.4 Å². The van der Waals surface area contributed by atoms with Gasteiger partial charge in [0.1, 0.15) is 0 Å². The topological polar surface area (TPSA) is 72.5 Å². The lowest BCUT2D eigenvalue weighted by Gasteiger charge is -2.34. The highest BCUT2D eigenvalue weighted by atomic mass is 16.7. The van der Waals surface area contributed by atoms with E-state index >= 15 is 0 Å². The van der Waals surface area contributed by atoms with E-state index in [1.54, 1.807) is 21.3 Å². The van der Waals surface area contributed by atoms with Crippen LogP contribution in [0.2, 0.25) is 0 Å². The van der Waals surface area contributed by atoms with Crippen molar-refractivity contribution in [2.24, 2.45) is 11.8 Å². The lowest BCUT2D eigenvalue weighted by atomic mass is 9.67. The van der Waals surface area contributed by atoms with Crippen molar-refractivity contribution in [2.45, 2.75) is 12.3 Å². The predicted octanol–water partition coefficient (Wildman–Crippen LogP) is 2.92. The number of esters is 1. The molecule has 1 fully saturated rings. The second kappa shape index (κ2) is 6.76. The van der Waals surface area contributed by atoms with Crippen LogP contribution in [0.25, 0.3) is 0 Å². The zero-order valence-electron chi connectivity index (χ0n) is 16.5. The number of methoxy groups -OCH3 is 3. The maximum atomic E-state index is 12.7. The molecule has 0 unspecified atom stereocenters. The van der Waals surface area contributed by atoms with Crippen LogP contribution >= 0.6 is 0 Å². The minimum absolute atomic E-state index is 0.106. The van der Waals surface area contributed by atoms with Gasteiger partial charge in [-0.25, -0.2) is 0 Å². The first-order chi connectivity index (χ1) is 14.1. The molecule has 152 valence electrons. The maximum Gasteiger partial charge on any atom is 0.310 e. The summed E-state index contributed by atoms with van der Waals surface area (Å²) >= 11 is 0. The first-order valence-corrected chi connectivity index (χ1v) is 9.53. The van der Waals surface area contributed by atoms with Gasteiger partial charge in [-0.1, -0.05) is 0 Å². The monoisotopic (exact) mass is 398 g/mol. The fourth-order valence-electron chi connectivity index (χ4n) is 4.77. The molecule has 0 radical (unpaired) electrons. The van der Waals surface area contributed by atoms with Crippen LogP contribution in [0.15, 0.2) is 24.3 Å². The van der Waals surface area contributed by atoms with E-state index in [4.69, 9.17) is 28.4 Å². The Labute approximate surface area is 168 Å². The van der Waals surface area contributed by atoms with Gasteiger partial charge in [-0.2, -0.15) is 0 Å². The Balaban J connectivity index is 1.71. The number of carbonyl (C=O) groups is 1. The van der Waals surface area contributed by atoms with Crippen LogP contribution in [-0.4, -0.2) is 40.7 Å². The van der Waals surface area contributed by atoms with Crippen molar-refractivity contribution in [1.82, 2.24) is 0 Å². The summed E-state index contributed by atoms with van der Waals surface area (Å²) in [4.78, 5) is 12.7. The van der Waals surface area contributed by atoms with Gasteiger partial charge in [0.05, 0.1) is 33.9 Å². The normalized spacial score (nSPS) is 23.8. The fraction of sp³-hybridized carbons (Fsp3) is 0.409. The quantitative estimate of drug-likeness (QED) is 0.733. The van der Waals surface area contributed by atoms with Gasteiger partial charge in [-0.3, -0.25) is 4.79 Å². The second-order valence-electron chi connectivity index (χ2n) is 7.46. The number of cyclic esters (lactones) is 1. The highest BCUT2D eigenvalue weighted by molar-refractivity contribution is 5.78. The van der Waals surface area contributed by atoms with Crippen LogP contribution in [-0.2, 0) is 16.0 Å². The number of carbonyl (C=O) groups excluding carboxylic acids is 1. The third-order valence-electron chi connectivity index (χ3n) is 6.08. The van der Waals surface area contributed by atoms with Crippen LogP contribution in [0.1, 0.15) is 22.6 Å². The lowest BCUT2D eigenvalue weighted by molar-refractivity contribution is -0.141. The van der Waals surface area contributed by atoms with Crippen molar-refractivity contribution < 1.29 is 33.2 Å². The second-order valence-corrected chi connectivity index (χ2v) is 7.46. The summed E-state index contributed by atoms with van der Waals surface area (Å²) in [6.45, 7) is 0.574. The molecule has 2 aromatic carbocycles. The maximum absolute atomic E-state index is 12.7. The molecule has 0 spiro atoms. The average Bonchev–Trinajstić information content (AvgIpc) is 3.37. The fourth-order valence-corrected chi connectivity index (χ4v) is 4.77. The molecule has 1 saturated heterocycles. The van der Waals surface area contributed by atoms with Crippen molar-refractivity contribution in [3.8, 4) is 28.7 Å². The van der Waals surface area contributed by atoms with Gasteiger partial charge >= 0.3 is 5.97 Å². The number of rotatable bonds is 4. The van der Waals surface area contributed by atoms with Gasteiger partial charge in [0.25, 0.3) is 0 Å². The van der Waals surface area contributed by atoms with Crippen molar-refractivity contribution >= 4 is 5.97 Å². The largest absolute Gasteiger partial charge is 0.493 e. The van der Waals surface area contributed by atoms with Gasteiger partial charge in [0.2, 0.25) is 12.5 Å². The summed E-state index contributed by atoms with van der Waals surface area (Å²) < 4.78 is 33.2. The molecule has 29 heavy (non-hydrogen) atoms. The molecular weight excluding hydrogens is 376 g/mol. The van der Waals surface area contributed by atoms with Crippen molar-refractivity contribution in [1.29, 1.82) is 0 Å². The molecule has 0 bridgehead atoms. The molecule has 3 atom stereocenters. The van der Waals surface area contributed by atoms with E-state index < -0.39 is 0 Å². The number of fused-ring (bicyclic) bond motifs is 3. The zero-order valence-corrected chi connectivity index (χ0v) is 16.5. The molecule has 0 saturated carbocycles. The van der Waals surface area contributed by atoms with Gasteiger partial charge < -0.3 is 28.4 Å². The molecule has 5 rings (SSSR count). The van der Waals surface area contributed by atoms with E-state index in [0.717, 1.165) is 23.1 Å². The number of hydrogen-bond donors (Lipinski definition) is 0. The highest BCUT2D eigenvalue weighted by Crippen LogP contribution is 2.52. The first kappa shape index (κ1) is 18.0. The number of ether oxygens (including phenoxy) is 6. The predicted molar refractivity (Wildman–Crippen MR) is 102 cm³/mol. The van der Waals surface area contributed by atoms with E-state index in [-0.39, 0.29) is 30.5 Å². The summed E-state index contributed by atoms with van der Waals surface area (Å²) in [6, 6.07) is 7.83. The number of benzene rings is 2. The van der Waals surface area contributed by atoms with Crippen LogP contribution in [0, 0.1) is 11.8 Å². The molecule has 1 aliphatic carbocycles. The van der Waals surface area contributed by atoms with Crippen LogP contribution in [0.3, 0.4) is 0 Å². The molecule has 2 aromatic rings. The van der Waals surface area contributed by atoms with Gasteiger partial charge in [0.15, 0.2) is 23.0 Å². The summed E-state index contributed by atoms with van der Waals surface area (Å²) in [5, 5.41) is 0. The highest BCUT2D eigenvalue weighted by Gasteiger charge is 2.48. The average molecular weight is 398 g/mol. The van der Waals surface area contributed by atoms with Crippen LogP contribution < -0.4 is 23.7 Å². The summed E-state index contributed by atoms with van der Waals surface area (Å²) in [6.07, 6.45) is 0.754. The first-order valence-electron chi connectivity index (χ1n) is 9.53. The Morgan fingerprint density at radius 3 is 2.41 bits per heavy atom. The summed E-state index contributed by atoms with van der Waals surface area (Å²) in [7, 11) is 4.83. The van der Waals surface area contributed by atoms with Gasteiger partial charge in [-0.05, 0) is 47.4 Å². The van der Waals surface area contributed by atoms with Crippen molar-refractivity contribution in [2.75, 3.05) is 34.7 Å². The minimum atomic E-state index is -0.273. The molecule has 0 aromatic heterocycles. The Hall–Kier alpha value is -3.09. The smallest absolute Gasteiger partial charge is 0.310 e. The molecule has 2 heterocycles. The van der Waals surface area contributed by atoms with Crippen molar-refractivity contribution in [3.05, 3.63) is 41.0 Å². The Kier molecular flexibility index (Phi) is 4.19. The summed E-state index contributed by atoms with van der Waals surface area (Å²) in [5.74, 6) is 2.57.